The smallest absolute Gasteiger partial charge is 0.220 e. The maximum absolute atomic E-state index is 11.7. The van der Waals surface area contributed by atoms with Gasteiger partial charge in [0.15, 0.2) is 0 Å². The van der Waals surface area contributed by atoms with Crippen LogP contribution in [0.25, 0.3) is 10.9 Å². The lowest BCUT2D eigenvalue weighted by atomic mass is 10.1. The van der Waals surface area contributed by atoms with Crippen molar-refractivity contribution >= 4 is 16.8 Å². The first kappa shape index (κ1) is 14.6. The summed E-state index contributed by atoms with van der Waals surface area (Å²) >= 11 is 0. The van der Waals surface area contributed by atoms with Gasteiger partial charge in [0.2, 0.25) is 5.91 Å². The largest absolute Gasteiger partial charge is 0.361 e. The van der Waals surface area contributed by atoms with Crippen molar-refractivity contribution in [3.05, 3.63) is 36.0 Å². The predicted molar refractivity (Wildman–Crippen MR) is 82.8 cm³/mol. The maximum Gasteiger partial charge on any atom is 0.220 e. The average molecular weight is 273 g/mol. The third kappa shape index (κ3) is 4.38. The minimum Gasteiger partial charge on any atom is -0.361 e. The minimum atomic E-state index is 0.135. The number of rotatable bonds is 7. The molecule has 2 rings (SSSR count). The van der Waals surface area contributed by atoms with Gasteiger partial charge in [0.25, 0.3) is 0 Å². The van der Waals surface area contributed by atoms with Gasteiger partial charge in [-0.3, -0.25) is 4.79 Å². The lowest BCUT2D eigenvalue weighted by Gasteiger charge is -2.09. The highest BCUT2D eigenvalue weighted by Gasteiger charge is 2.03. The van der Waals surface area contributed by atoms with E-state index in [-0.39, 0.29) is 5.91 Å². The molecular weight excluding hydrogens is 250 g/mol. The Morgan fingerprint density at radius 1 is 1.30 bits per heavy atom. The number of carbonyl (C=O) groups excluding carboxylic acids is 1. The number of H-pyrrole nitrogens is 1. The average Bonchev–Trinajstić information content (AvgIpc) is 2.88. The second-order valence-electron chi connectivity index (χ2n) is 5.41. The quantitative estimate of drug-likeness (QED) is 0.760. The van der Waals surface area contributed by atoms with Crippen LogP contribution in [0.4, 0.5) is 0 Å². The van der Waals surface area contributed by atoms with Gasteiger partial charge in [-0.15, -0.1) is 0 Å². The van der Waals surface area contributed by atoms with E-state index in [0.29, 0.717) is 6.42 Å². The number of amides is 1. The van der Waals surface area contributed by atoms with E-state index in [0.717, 1.165) is 31.4 Å². The van der Waals surface area contributed by atoms with Gasteiger partial charge in [0.1, 0.15) is 0 Å². The normalized spacial score (nSPS) is 11.2. The number of aromatic nitrogens is 1. The molecule has 1 amide bonds. The van der Waals surface area contributed by atoms with Gasteiger partial charge < -0.3 is 15.2 Å². The van der Waals surface area contributed by atoms with Gasteiger partial charge in [-0.25, -0.2) is 0 Å². The molecule has 4 nitrogen and oxygen atoms in total. The van der Waals surface area contributed by atoms with Crippen LogP contribution in [0.5, 0.6) is 0 Å². The van der Waals surface area contributed by atoms with Crippen molar-refractivity contribution in [1.29, 1.82) is 0 Å². The summed E-state index contributed by atoms with van der Waals surface area (Å²) in [6.45, 7) is 1.76. The zero-order valence-electron chi connectivity index (χ0n) is 12.3. The summed E-state index contributed by atoms with van der Waals surface area (Å²) in [5, 5.41) is 4.18. The molecule has 1 heterocycles. The number of aromatic amines is 1. The number of carbonyl (C=O) groups is 1. The topological polar surface area (TPSA) is 48.1 Å². The van der Waals surface area contributed by atoms with E-state index in [1.807, 2.05) is 20.3 Å². The summed E-state index contributed by atoms with van der Waals surface area (Å²) in [5.74, 6) is 0.135. The molecule has 0 fully saturated rings. The molecule has 0 bridgehead atoms. The molecule has 0 radical (unpaired) electrons. The molecule has 20 heavy (non-hydrogen) atoms. The molecule has 0 atom stereocenters. The molecule has 2 N–H and O–H groups in total. The van der Waals surface area contributed by atoms with Crippen LogP contribution in [-0.4, -0.2) is 43.0 Å². The van der Waals surface area contributed by atoms with Crippen molar-refractivity contribution in [2.24, 2.45) is 0 Å². The first-order chi connectivity index (χ1) is 9.65. The number of hydrogen-bond donors (Lipinski definition) is 2. The van der Waals surface area contributed by atoms with Gasteiger partial charge in [-0.05, 0) is 56.6 Å². The van der Waals surface area contributed by atoms with E-state index in [2.05, 4.69) is 39.5 Å². The van der Waals surface area contributed by atoms with Gasteiger partial charge >= 0.3 is 0 Å². The zero-order chi connectivity index (χ0) is 14.4. The Hall–Kier alpha value is -1.81. The van der Waals surface area contributed by atoms with E-state index < -0.39 is 0 Å². The molecule has 108 valence electrons. The van der Waals surface area contributed by atoms with Crippen molar-refractivity contribution in [1.82, 2.24) is 15.2 Å². The summed E-state index contributed by atoms with van der Waals surface area (Å²) in [6, 6.07) is 8.36. The van der Waals surface area contributed by atoms with Crippen molar-refractivity contribution in [2.45, 2.75) is 19.3 Å². The number of aryl methyl sites for hydroxylation is 1. The van der Waals surface area contributed by atoms with Crippen LogP contribution in [0.2, 0.25) is 0 Å². The molecule has 4 heteroatoms. The first-order valence-electron chi connectivity index (χ1n) is 7.12. The van der Waals surface area contributed by atoms with Crippen molar-refractivity contribution in [3.63, 3.8) is 0 Å². The Kier molecular flexibility index (Phi) is 5.18. The van der Waals surface area contributed by atoms with Crippen LogP contribution in [0.15, 0.2) is 30.5 Å². The first-order valence-corrected chi connectivity index (χ1v) is 7.12. The Morgan fingerprint density at radius 2 is 2.15 bits per heavy atom. The molecule has 0 aliphatic rings. The van der Waals surface area contributed by atoms with E-state index in [1.165, 1.54) is 10.9 Å². The lowest BCUT2D eigenvalue weighted by molar-refractivity contribution is -0.121. The Bertz CT molecular complexity index is 560. The van der Waals surface area contributed by atoms with Crippen molar-refractivity contribution in [3.8, 4) is 0 Å². The Labute approximate surface area is 120 Å². The van der Waals surface area contributed by atoms with Crippen LogP contribution in [-0.2, 0) is 11.2 Å². The van der Waals surface area contributed by atoms with Crippen LogP contribution in [0.3, 0.4) is 0 Å². The minimum absolute atomic E-state index is 0.135. The predicted octanol–water partition coefficient (Wildman–Crippen LogP) is 2.17. The SMILES string of the molecule is CN(C)CCCNC(=O)CCc1ccc2cc[nH]c2c1. The van der Waals surface area contributed by atoms with Crippen molar-refractivity contribution < 1.29 is 4.79 Å². The zero-order valence-corrected chi connectivity index (χ0v) is 12.3. The molecule has 0 saturated carbocycles. The number of benzene rings is 1. The van der Waals surface area contributed by atoms with E-state index in [4.69, 9.17) is 0 Å². The highest BCUT2D eigenvalue weighted by molar-refractivity contribution is 5.80. The van der Waals surface area contributed by atoms with E-state index in [9.17, 15) is 4.79 Å². The highest BCUT2D eigenvalue weighted by Crippen LogP contribution is 2.15. The van der Waals surface area contributed by atoms with Crippen molar-refractivity contribution in [2.75, 3.05) is 27.2 Å². The Morgan fingerprint density at radius 3 is 2.95 bits per heavy atom. The Balaban J connectivity index is 1.72. The third-order valence-corrected chi connectivity index (χ3v) is 3.36. The summed E-state index contributed by atoms with van der Waals surface area (Å²) in [6.07, 6.45) is 4.27. The molecule has 0 saturated heterocycles. The molecule has 0 unspecified atom stereocenters. The second-order valence-corrected chi connectivity index (χ2v) is 5.41. The molecule has 0 aliphatic carbocycles. The summed E-state index contributed by atoms with van der Waals surface area (Å²) in [4.78, 5) is 17.1. The van der Waals surface area contributed by atoms with Crippen LogP contribution in [0.1, 0.15) is 18.4 Å². The van der Waals surface area contributed by atoms with Gasteiger partial charge in [-0.1, -0.05) is 12.1 Å². The molecule has 2 aromatic rings. The fourth-order valence-electron chi connectivity index (χ4n) is 2.22. The van der Waals surface area contributed by atoms with Gasteiger partial charge in [0, 0.05) is 24.7 Å². The van der Waals surface area contributed by atoms with Gasteiger partial charge in [-0.2, -0.15) is 0 Å². The molecule has 1 aromatic heterocycles. The molecule has 0 spiro atoms. The standard InChI is InChI=1S/C16H23N3O/c1-19(2)11-3-9-18-16(20)7-5-13-4-6-14-8-10-17-15(14)12-13/h4,6,8,10,12,17H,3,5,7,9,11H2,1-2H3,(H,18,20). The highest BCUT2D eigenvalue weighted by atomic mass is 16.1. The maximum atomic E-state index is 11.7. The summed E-state index contributed by atoms with van der Waals surface area (Å²) in [7, 11) is 4.08. The van der Waals surface area contributed by atoms with Gasteiger partial charge in [0.05, 0.1) is 0 Å². The van der Waals surface area contributed by atoms with Crippen LogP contribution in [0, 0.1) is 0 Å². The van der Waals surface area contributed by atoms with E-state index >= 15 is 0 Å². The molecule has 1 aromatic carbocycles. The molecule has 0 aliphatic heterocycles. The second kappa shape index (κ2) is 7.10. The third-order valence-electron chi connectivity index (χ3n) is 3.36. The summed E-state index contributed by atoms with van der Waals surface area (Å²) in [5.41, 5.74) is 2.33. The number of hydrogen-bond acceptors (Lipinski definition) is 2. The number of fused-ring (bicyclic) bond motifs is 1. The fourth-order valence-corrected chi connectivity index (χ4v) is 2.22. The number of nitrogens with zero attached hydrogens (tertiary/aromatic N) is 1. The lowest BCUT2D eigenvalue weighted by Crippen LogP contribution is -2.27. The van der Waals surface area contributed by atoms with Crippen LogP contribution >= 0.6 is 0 Å². The fraction of sp³-hybridized carbons (Fsp3) is 0.438. The monoisotopic (exact) mass is 273 g/mol. The number of nitrogens with one attached hydrogen (secondary N) is 2. The van der Waals surface area contributed by atoms with E-state index in [1.54, 1.807) is 0 Å². The van der Waals surface area contributed by atoms with Crippen LogP contribution < -0.4 is 5.32 Å². The molecular formula is C16H23N3O. The summed E-state index contributed by atoms with van der Waals surface area (Å²) < 4.78 is 0.